The van der Waals surface area contributed by atoms with Crippen molar-refractivity contribution in [2.75, 3.05) is 41.3 Å². The van der Waals surface area contributed by atoms with Gasteiger partial charge in [0.2, 0.25) is 0 Å². The van der Waals surface area contributed by atoms with Gasteiger partial charge in [-0.25, -0.2) is 4.79 Å². The van der Waals surface area contributed by atoms with Crippen LogP contribution >= 0.6 is 0 Å². The van der Waals surface area contributed by atoms with Crippen LogP contribution in [0, 0.1) is 6.92 Å². The van der Waals surface area contributed by atoms with Crippen molar-refractivity contribution >= 4 is 6.09 Å². The Balaban J connectivity index is 2.59. The van der Waals surface area contributed by atoms with Gasteiger partial charge in [0.05, 0.1) is 21.1 Å². The monoisotopic (exact) mass is 281 g/mol. The van der Waals surface area contributed by atoms with Gasteiger partial charge in [-0.3, -0.25) is 0 Å². The molecule has 1 atom stereocenters. The molecule has 0 aliphatic rings. The number of aryl methyl sites for hydroxylation is 1. The molecule has 1 aromatic carbocycles. The molecule has 0 aliphatic heterocycles. The van der Waals surface area contributed by atoms with Gasteiger partial charge in [-0.1, -0.05) is 17.7 Å². The van der Waals surface area contributed by atoms with E-state index in [0.29, 0.717) is 17.6 Å². The van der Waals surface area contributed by atoms with Crippen LogP contribution in [-0.4, -0.2) is 58.0 Å². The van der Waals surface area contributed by atoms with Crippen LogP contribution in [0.5, 0.6) is 5.75 Å². The van der Waals surface area contributed by atoms with Crippen molar-refractivity contribution in [3.8, 4) is 5.75 Å². The molecule has 112 valence electrons. The molecule has 0 spiro atoms. The van der Waals surface area contributed by atoms with Crippen molar-refractivity contribution in [1.82, 2.24) is 5.32 Å². The highest BCUT2D eigenvalue weighted by Crippen LogP contribution is 2.12. The Kier molecular flexibility index (Phi) is 5.82. The van der Waals surface area contributed by atoms with Crippen LogP contribution in [0.1, 0.15) is 5.56 Å². The lowest BCUT2D eigenvalue weighted by Gasteiger charge is -2.28. The average Bonchev–Trinajstić information content (AvgIpc) is 2.36. The lowest BCUT2D eigenvalue weighted by atomic mass is 10.2. The van der Waals surface area contributed by atoms with E-state index in [1.165, 1.54) is 5.56 Å². The third kappa shape index (κ3) is 6.43. The molecule has 5 heteroatoms. The van der Waals surface area contributed by atoms with Crippen molar-refractivity contribution in [2.45, 2.75) is 13.0 Å². The van der Waals surface area contributed by atoms with E-state index >= 15 is 0 Å². The van der Waals surface area contributed by atoms with E-state index in [2.05, 4.69) is 5.32 Å². The predicted octanol–water partition coefficient (Wildman–Crippen LogP) is 1.80. The smallest absolute Gasteiger partial charge is 0.407 e. The van der Waals surface area contributed by atoms with E-state index in [9.17, 15) is 4.79 Å². The molecule has 0 aromatic heterocycles. The van der Waals surface area contributed by atoms with Crippen molar-refractivity contribution in [3.05, 3.63) is 29.8 Å². The lowest BCUT2D eigenvalue weighted by Crippen LogP contribution is -2.46. The molecule has 0 unspecified atom stereocenters. The Morgan fingerprint density at radius 1 is 1.25 bits per heavy atom. The number of quaternary nitrogens is 1. The zero-order chi connectivity index (χ0) is 15.2. The van der Waals surface area contributed by atoms with Gasteiger partial charge < -0.3 is 19.3 Å². The number of nitrogens with one attached hydrogen (secondary N) is 1. The van der Waals surface area contributed by atoms with Gasteiger partial charge in [0, 0.05) is 7.05 Å². The molecule has 0 fully saturated rings. The number of carbonyl (C=O) groups is 1. The number of ether oxygens (including phenoxy) is 2. The van der Waals surface area contributed by atoms with Crippen molar-refractivity contribution in [1.29, 1.82) is 0 Å². The first-order chi connectivity index (χ1) is 9.30. The maximum Gasteiger partial charge on any atom is 0.407 e. The molecule has 0 aliphatic carbocycles. The molecule has 0 saturated carbocycles. The number of hydrogen-bond acceptors (Lipinski definition) is 3. The minimum absolute atomic E-state index is 0.295. The van der Waals surface area contributed by atoms with E-state index in [0.717, 1.165) is 5.75 Å². The summed E-state index contributed by atoms with van der Waals surface area (Å²) < 4.78 is 11.7. The second kappa shape index (κ2) is 7.14. The number of rotatable bonds is 6. The standard InChI is InChI=1S/C15H24N2O3/c1-12-6-8-13(9-7-12)19-11-14(10-17(3,4)5)20-15(18)16-2/h6-9,14H,10-11H2,1-5H3/p+1/t14-/m0/s1. The molecule has 1 N–H and O–H groups in total. The summed E-state index contributed by atoms with van der Waals surface area (Å²) in [5, 5.41) is 2.46. The summed E-state index contributed by atoms with van der Waals surface area (Å²) >= 11 is 0. The van der Waals surface area contributed by atoms with E-state index < -0.39 is 6.09 Å². The highest BCUT2D eigenvalue weighted by molar-refractivity contribution is 5.66. The van der Waals surface area contributed by atoms with Crippen LogP contribution in [0.15, 0.2) is 24.3 Å². The number of nitrogens with zero attached hydrogens (tertiary/aromatic N) is 1. The minimum Gasteiger partial charge on any atom is -0.489 e. The number of hydrogen-bond donors (Lipinski definition) is 1. The summed E-state index contributed by atoms with van der Waals surface area (Å²) in [6.45, 7) is 3.05. The summed E-state index contributed by atoms with van der Waals surface area (Å²) in [6.07, 6.45) is -0.729. The molecule has 0 saturated heterocycles. The van der Waals surface area contributed by atoms with Crippen LogP contribution in [0.4, 0.5) is 4.79 Å². The summed E-state index contributed by atoms with van der Waals surface area (Å²) in [7, 11) is 7.69. The SMILES string of the molecule is CNC(=O)O[C@H](COc1ccc(C)cc1)C[N+](C)(C)C. The molecule has 0 radical (unpaired) electrons. The van der Waals surface area contributed by atoms with Gasteiger partial charge >= 0.3 is 6.09 Å². The molecule has 1 aromatic rings. The third-order valence-electron chi connectivity index (χ3n) is 2.69. The molecule has 0 heterocycles. The van der Waals surface area contributed by atoms with Gasteiger partial charge in [-0.15, -0.1) is 0 Å². The number of carbonyl (C=O) groups excluding carboxylic acids is 1. The van der Waals surface area contributed by atoms with Crippen molar-refractivity contribution < 1.29 is 18.8 Å². The Hall–Kier alpha value is -1.75. The van der Waals surface area contributed by atoms with E-state index in [1.54, 1.807) is 7.05 Å². The summed E-state index contributed by atoms with van der Waals surface area (Å²) in [6, 6.07) is 7.81. The van der Waals surface area contributed by atoms with Crippen LogP contribution in [-0.2, 0) is 4.74 Å². The molecule has 20 heavy (non-hydrogen) atoms. The quantitative estimate of drug-likeness (QED) is 0.809. The molecule has 1 rings (SSSR count). The Bertz CT molecular complexity index is 424. The van der Waals surface area contributed by atoms with Crippen LogP contribution in [0.25, 0.3) is 0 Å². The van der Waals surface area contributed by atoms with Gasteiger partial charge in [-0.2, -0.15) is 0 Å². The topological polar surface area (TPSA) is 47.6 Å². The molecule has 5 nitrogen and oxygen atoms in total. The first-order valence-corrected chi connectivity index (χ1v) is 6.68. The van der Waals surface area contributed by atoms with Crippen molar-refractivity contribution in [2.24, 2.45) is 0 Å². The van der Waals surface area contributed by atoms with Gasteiger partial charge in [-0.05, 0) is 19.1 Å². The first kappa shape index (κ1) is 16.3. The maximum atomic E-state index is 11.4. The summed E-state index contributed by atoms with van der Waals surface area (Å²) in [5.41, 5.74) is 1.18. The fraction of sp³-hybridized carbons (Fsp3) is 0.533. The average molecular weight is 281 g/mol. The largest absolute Gasteiger partial charge is 0.489 e. The molecule has 1 amide bonds. The second-order valence-electron chi connectivity index (χ2n) is 5.87. The summed E-state index contributed by atoms with van der Waals surface area (Å²) in [4.78, 5) is 11.4. The molecule has 0 bridgehead atoms. The van der Waals surface area contributed by atoms with E-state index in [1.807, 2.05) is 52.3 Å². The van der Waals surface area contributed by atoms with Gasteiger partial charge in [0.15, 0.2) is 6.10 Å². The fourth-order valence-electron chi connectivity index (χ4n) is 1.77. The Morgan fingerprint density at radius 2 is 1.85 bits per heavy atom. The normalized spacial score (nSPS) is 12.7. The summed E-state index contributed by atoms with van der Waals surface area (Å²) in [5.74, 6) is 0.780. The van der Waals surface area contributed by atoms with E-state index in [-0.39, 0.29) is 6.10 Å². The fourth-order valence-corrected chi connectivity index (χ4v) is 1.77. The van der Waals surface area contributed by atoms with E-state index in [4.69, 9.17) is 9.47 Å². The molecular formula is C15H25N2O3+. The number of likely N-dealkylation sites (N-methyl/N-ethyl adjacent to an activating group) is 1. The van der Waals surface area contributed by atoms with Crippen molar-refractivity contribution in [3.63, 3.8) is 0 Å². The van der Waals surface area contributed by atoms with Gasteiger partial charge in [0.1, 0.15) is 18.9 Å². The first-order valence-electron chi connectivity index (χ1n) is 6.68. The Labute approximate surface area is 121 Å². The van der Waals surface area contributed by atoms with Gasteiger partial charge in [0.25, 0.3) is 0 Å². The van der Waals surface area contributed by atoms with Crippen LogP contribution in [0.3, 0.4) is 0 Å². The van der Waals surface area contributed by atoms with Crippen LogP contribution < -0.4 is 10.1 Å². The Morgan fingerprint density at radius 3 is 2.35 bits per heavy atom. The second-order valence-corrected chi connectivity index (χ2v) is 5.87. The highest BCUT2D eigenvalue weighted by Gasteiger charge is 2.22. The highest BCUT2D eigenvalue weighted by atomic mass is 16.6. The zero-order valence-corrected chi connectivity index (χ0v) is 13.0. The van der Waals surface area contributed by atoms with Crippen LogP contribution in [0.2, 0.25) is 0 Å². The zero-order valence-electron chi connectivity index (χ0n) is 13.0. The molecular weight excluding hydrogens is 256 g/mol. The number of benzene rings is 1. The minimum atomic E-state index is -0.434. The number of amides is 1. The lowest BCUT2D eigenvalue weighted by molar-refractivity contribution is -0.873. The predicted molar refractivity (Wildman–Crippen MR) is 78.9 cm³/mol. The number of alkyl carbamates (subject to hydrolysis) is 1. The maximum absolute atomic E-state index is 11.4. The third-order valence-corrected chi connectivity index (χ3v) is 2.69.